The molecule has 0 spiro atoms. The summed E-state index contributed by atoms with van der Waals surface area (Å²) >= 11 is 2.00. The summed E-state index contributed by atoms with van der Waals surface area (Å²) in [5.41, 5.74) is 0.208. The van der Waals surface area contributed by atoms with Crippen LogP contribution in [-0.2, 0) is 0 Å². The fourth-order valence-corrected chi connectivity index (χ4v) is 3.27. The van der Waals surface area contributed by atoms with Crippen molar-refractivity contribution in [1.82, 2.24) is 5.32 Å². The fraction of sp³-hybridized carbons (Fsp3) is 1.00. The average molecular weight is 175 g/mol. The van der Waals surface area contributed by atoms with Crippen LogP contribution in [-0.4, -0.2) is 35.3 Å². The zero-order valence-electron chi connectivity index (χ0n) is 7.26. The van der Waals surface area contributed by atoms with E-state index in [1.54, 1.807) is 0 Å². The first-order valence-electron chi connectivity index (χ1n) is 4.16. The monoisotopic (exact) mass is 175 g/mol. The zero-order chi connectivity index (χ0) is 8.32. The van der Waals surface area contributed by atoms with E-state index in [1.165, 1.54) is 12.2 Å². The molecule has 0 aromatic heterocycles. The van der Waals surface area contributed by atoms with Crippen molar-refractivity contribution in [3.05, 3.63) is 0 Å². The largest absolute Gasteiger partial charge is 0.396 e. The van der Waals surface area contributed by atoms with Crippen LogP contribution >= 0.6 is 11.8 Å². The van der Waals surface area contributed by atoms with Crippen LogP contribution in [0.2, 0.25) is 0 Å². The van der Waals surface area contributed by atoms with E-state index in [9.17, 15) is 0 Å². The van der Waals surface area contributed by atoms with Gasteiger partial charge < -0.3 is 10.4 Å². The molecule has 1 aliphatic rings. The molecule has 0 aliphatic carbocycles. The summed E-state index contributed by atoms with van der Waals surface area (Å²) in [4.78, 5) is 0. The van der Waals surface area contributed by atoms with Crippen molar-refractivity contribution in [2.24, 2.45) is 0 Å². The molecule has 0 saturated carbocycles. The van der Waals surface area contributed by atoms with Gasteiger partial charge in [0, 0.05) is 17.4 Å². The van der Waals surface area contributed by atoms with Crippen molar-refractivity contribution >= 4 is 11.8 Å². The molecule has 66 valence electrons. The zero-order valence-corrected chi connectivity index (χ0v) is 8.08. The van der Waals surface area contributed by atoms with Crippen LogP contribution in [0.5, 0.6) is 0 Å². The summed E-state index contributed by atoms with van der Waals surface area (Å²) in [6, 6.07) is 0. The molecule has 1 heterocycles. The third-order valence-electron chi connectivity index (χ3n) is 2.75. The van der Waals surface area contributed by atoms with E-state index in [4.69, 9.17) is 5.11 Å². The highest BCUT2D eigenvalue weighted by Crippen LogP contribution is 2.37. The Labute approximate surface area is 72.8 Å². The number of hydrogen-bond acceptors (Lipinski definition) is 3. The van der Waals surface area contributed by atoms with E-state index in [1.807, 2.05) is 18.8 Å². The minimum absolute atomic E-state index is 0.208. The quantitative estimate of drug-likeness (QED) is 0.667. The third-order valence-corrected chi connectivity index (χ3v) is 4.14. The van der Waals surface area contributed by atoms with Gasteiger partial charge in [0.2, 0.25) is 0 Å². The summed E-state index contributed by atoms with van der Waals surface area (Å²) in [6.07, 6.45) is 2.08. The van der Waals surface area contributed by atoms with Crippen molar-refractivity contribution in [3.63, 3.8) is 0 Å². The van der Waals surface area contributed by atoms with Gasteiger partial charge in [-0.05, 0) is 25.6 Å². The molecule has 0 aromatic rings. The lowest BCUT2D eigenvalue weighted by Gasteiger charge is -2.32. The first-order valence-corrected chi connectivity index (χ1v) is 5.21. The molecule has 1 aliphatic heterocycles. The van der Waals surface area contributed by atoms with Crippen LogP contribution < -0.4 is 5.32 Å². The summed E-state index contributed by atoms with van der Waals surface area (Å²) in [7, 11) is 2.00. The summed E-state index contributed by atoms with van der Waals surface area (Å²) in [5, 5.41) is 12.9. The Kier molecular flexibility index (Phi) is 3.22. The molecule has 1 saturated heterocycles. The first-order chi connectivity index (χ1) is 5.25. The maximum atomic E-state index is 8.89. The molecule has 2 N–H and O–H groups in total. The number of aliphatic hydroxyl groups excluding tert-OH is 1. The molecular formula is C8H17NOS. The molecular weight excluding hydrogens is 158 g/mol. The summed E-state index contributed by atoms with van der Waals surface area (Å²) < 4.78 is 0. The second kappa shape index (κ2) is 3.78. The lowest BCUT2D eigenvalue weighted by molar-refractivity contribution is 0.216. The van der Waals surface area contributed by atoms with Gasteiger partial charge in [0.25, 0.3) is 0 Å². The van der Waals surface area contributed by atoms with E-state index in [0.717, 1.165) is 6.42 Å². The van der Waals surface area contributed by atoms with Crippen LogP contribution in [0.25, 0.3) is 0 Å². The van der Waals surface area contributed by atoms with Crippen LogP contribution in [0.3, 0.4) is 0 Å². The topological polar surface area (TPSA) is 32.3 Å². The summed E-state index contributed by atoms with van der Waals surface area (Å²) in [5.74, 6) is 1.22. The van der Waals surface area contributed by atoms with E-state index < -0.39 is 0 Å². The predicted molar refractivity (Wildman–Crippen MR) is 50.0 cm³/mol. The van der Waals surface area contributed by atoms with Crippen LogP contribution in [0.15, 0.2) is 0 Å². The van der Waals surface area contributed by atoms with Crippen LogP contribution in [0.1, 0.15) is 19.8 Å². The average Bonchev–Trinajstić information content (AvgIpc) is 2.35. The van der Waals surface area contributed by atoms with Gasteiger partial charge in [0.15, 0.2) is 0 Å². The van der Waals surface area contributed by atoms with Crippen molar-refractivity contribution in [1.29, 1.82) is 0 Å². The highest BCUT2D eigenvalue weighted by molar-refractivity contribution is 8.00. The number of rotatable bonds is 3. The first kappa shape index (κ1) is 9.36. The smallest absolute Gasteiger partial charge is 0.0449 e. The lowest BCUT2D eigenvalue weighted by Crippen LogP contribution is -2.48. The third kappa shape index (κ3) is 1.71. The molecule has 2 nitrogen and oxygen atoms in total. The molecule has 0 aromatic carbocycles. The van der Waals surface area contributed by atoms with Gasteiger partial charge in [-0.15, -0.1) is 0 Å². The van der Waals surface area contributed by atoms with E-state index in [-0.39, 0.29) is 5.54 Å². The second-order valence-electron chi connectivity index (χ2n) is 3.14. The van der Waals surface area contributed by atoms with Gasteiger partial charge >= 0.3 is 0 Å². The minimum atomic E-state index is 0.208. The normalized spacial score (nSPS) is 37.9. The number of nitrogens with one attached hydrogen (secondary N) is 1. The molecule has 3 heteroatoms. The Morgan fingerprint density at radius 2 is 2.45 bits per heavy atom. The van der Waals surface area contributed by atoms with Gasteiger partial charge in [-0.3, -0.25) is 0 Å². The molecule has 11 heavy (non-hydrogen) atoms. The molecule has 2 atom stereocenters. The van der Waals surface area contributed by atoms with Crippen molar-refractivity contribution in [2.45, 2.75) is 30.6 Å². The maximum absolute atomic E-state index is 8.89. The predicted octanol–water partition coefficient (Wildman–Crippen LogP) is 0.852. The van der Waals surface area contributed by atoms with E-state index in [2.05, 4.69) is 12.2 Å². The maximum Gasteiger partial charge on any atom is 0.0449 e. The van der Waals surface area contributed by atoms with Gasteiger partial charge in [-0.1, -0.05) is 6.92 Å². The van der Waals surface area contributed by atoms with Gasteiger partial charge in [0.1, 0.15) is 0 Å². The highest BCUT2D eigenvalue weighted by atomic mass is 32.2. The van der Waals surface area contributed by atoms with E-state index >= 15 is 0 Å². The van der Waals surface area contributed by atoms with Gasteiger partial charge in [0.05, 0.1) is 0 Å². The molecule has 1 fully saturated rings. The Bertz CT molecular complexity index is 131. The van der Waals surface area contributed by atoms with Gasteiger partial charge in [-0.2, -0.15) is 11.8 Å². The van der Waals surface area contributed by atoms with Crippen molar-refractivity contribution in [2.75, 3.05) is 19.4 Å². The Hall–Kier alpha value is 0.270. The lowest BCUT2D eigenvalue weighted by atomic mass is 9.89. The highest BCUT2D eigenvalue weighted by Gasteiger charge is 2.38. The number of thioether (sulfide) groups is 1. The Morgan fingerprint density at radius 3 is 2.82 bits per heavy atom. The Morgan fingerprint density at radius 1 is 1.73 bits per heavy atom. The minimum Gasteiger partial charge on any atom is -0.396 e. The SMILES string of the molecule is CNC1(CCO)CCSC1C. The Balaban J connectivity index is 2.57. The van der Waals surface area contributed by atoms with Gasteiger partial charge in [-0.25, -0.2) is 0 Å². The standard InChI is InChI=1S/C8H17NOS/c1-7-8(9-2,3-5-10)4-6-11-7/h7,9-10H,3-6H2,1-2H3. The van der Waals surface area contributed by atoms with Crippen molar-refractivity contribution < 1.29 is 5.11 Å². The molecule has 1 rings (SSSR count). The van der Waals surface area contributed by atoms with Crippen molar-refractivity contribution in [3.8, 4) is 0 Å². The van der Waals surface area contributed by atoms with Crippen LogP contribution in [0.4, 0.5) is 0 Å². The second-order valence-corrected chi connectivity index (χ2v) is 4.59. The molecule has 0 amide bonds. The van der Waals surface area contributed by atoms with E-state index in [0.29, 0.717) is 11.9 Å². The number of hydrogen-bond donors (Lipinski definition) is 2. The summed E-state index contributed by atoms with van der Waals surface area (Å²) in [6.45, 7) is 2.54. The molecule has 0 bridgehead atoms. The van der Waals surface area contributed by atoms with Crippen LogP contribution in [0, 0.1) is 0 Å². The number of aliphatic hydroxyl groups is 1. The fourth-order valence-electron chi connectivity index (χ4n) is 1.76. The molecule has 2 unspecified atom stereocenters. The molecule has 0 radical (unpaired) electrons.